The Hall–Kier alpha value is -2.49. The monoisotopic (exact) mass is 294 g/mol. The lowest BCUT2D eigenvalue weighted by Gasteiger charge is -2.13. The number of aliphatic hydroxyl groups is 1. The fourth-order valence-electron chi connectivity index (χ4n) is 2.36. The average Bonchev–Trinajstić information content (AvgIpc) is 3.02. The minimum absolute atomic E-state index is 0.0699. The number of halogens is 1. The van der Waals surface area contributed by atoms with E-state index < -0.39 is 24.5 Å². The fraction of sp³-hybridized carbons (Fsp3) is 0.500. The number of azide groups is 1. The molecular formula is C10H11FN8O2. The number of nitrogen functional groups attached to an aromatic ring is 1. The smallest absolute Gasteiger partial charge is 0.312 e. The van der Waals surface area contributed by atoms with Gasteiger partial charge in [-0.3, -0.25) is 4.57 Å². The maximum atomic E-state index is 13.3. The summed E-state index contributed by atoms with van der Waals surface area (Å²) in [5.74, 6) is -0.0699. The first-order valence-electron chi connectivity index (χ1n) is 6.10. The molecule has 0 bridgehead atoms. The number of anilines is 1. The van der Waals surface area contributed by atoms with Crippen LogP contribution < -0.4 is 5.73 Å². The molecule has 0 aliphatic carbocycles. The van der Waals surface area contributed by atoms with E-state index in [9.17, 15) is 9.50 Å². The molecule has 0 unspecified atom stereocenters. The molecule has 1 saturated heterocycles. The summed E-state index contributed by atoms with van der Waals surface area (Å²) < 4.78 is 20.4. The largest absolute Gasteiger partial charge is 0.394 e. The first-order valence-corrected chi connectivity index (χ1v) is 6.10. The lowest BCUT2D eigenvalue weighted by Crippen LogP contribution is -2.22. The van der Waals surface area contributed by atoms with Crippen LogP contribution in [0.15, 0.2) is 11.4 Å². The van der Waals surface area contributed by atoms with Gasteiger partial charge in [0, 0.05) is 11.3 Å². The third kappa shape index (κ3) is 2.23. The second-order valence-corrected chi connectivity index (χ2v) is 4.52. The van der Waals surface area contributed by atoms with Gasteiger partial charge in [0.25, 0.3) is 0 Å². The van der Waals surface area contributed by atoms with Crippen LogP contribution in [0.2, 0.25) is 0 Å². The number of aliphatic hydroxyl groups excluding tert-OH is 1. The molecule has 0 spiro atoms. The van der Waals surface area contributed by atoms with Crippen molar-refractivity contribution >= 4 is 17.0 Å². The number of hydrogen-bond donors (Lipinski definition) is 2. The summed E-state index contributed by atoms with van der Waals surface area (Å²) in [6.07, 6.45) is -0.479. The van der Waals surface area contributed by atoms with E-state index in [1.807, 2.05) is 0 Å². The number of ether oxygens (including phenoxy) is 1. The number of imidazole rings is 1. The molecule has 0 amide bonds. The van der Waals surface area contributed by atoms with E-state index in [0.717, 1.165) is 0 Å². The number of hydrogen-bond acceptors (Lipinski definition) is 7. The Labute approximate surface area is 117 Å². The van der Waals surface area contributed by atoms with Crippen molar-refractivity contribution in [2.45, 2.75) is 24.8 Å². The van der Waals surface area contributed by atoms with Crippen molar-refractivity contribution < 1.29 is 14.2 Å². The topological polar surface area (TPSA) is 148 Å². The van der Waals surface area contributed by atoms with Gasteiger partial charge < -0.3 is 15.6 Å². The normalized spacial score (nSPS) is 25.1. The summed E-state index contributed by atoms with van der Waals surface area (Å²) in [5.41, 5.74) is 14.5. The number of nitrogens with two attached hydrogens (primary N) is 1. The Kier molecular flexibility index (Phi) is 3.29. The van der Waals surface area contributed by atoms with Gasteiger partial charge in [-0.15, -0.1) is 0 Å². The standard InChI is InChI=1S/C10H11FN8O2/c11-10-15-8(12)7-9(16-10)19(3-14-7)6-1-4(17-18-13)5(2-20)21-6/h3-6,20H,1-2H2,(H2,12,15,16)/t4-,5+,6+/m0/s1. The van der Waals surface area contributed by atoms with E-state index in [1.165, 1.54) is 10.9 Å². The van der Waals surface area contributed by atoms with Gasteiger partial charge in [-0.25, -0.2) is 4.98 Å². The molecule has 10 nitrogen and oxygen atoms in total. The van der Waals surface area contributed by atoms with Gasteiger partial charge in [0.15, 0.2) is 17.0 Å². The van der Waals surface area contributed by atoms with Gasteiger partial charge in [-0.05, 0) is 5.53 Å². The summed E-state index contributed by atoms with van der Waals surface area (Å²) in [4.78, 5) is 13.8. The van der Waals surface area contributed by atoms with Gasteiger partial charge in [-0.2, -0.15) is 14.4 Å². The highest BCUT2D eigenvalue weighted by Crippen LogP contribution is 2.33. The molecule has 3 rings (SSSR count). The molecule has 0 saturated carbocycles. The van der Waals surface area contributed by atoms with Gasteiger partial charge in [0.1, 0.15) is 6.23 Å². The van der Waals surface area contributed by atoms with Crippen LogP contribution in [0, 0.1) is 6.08 Å². The first kappa shape index (κ1) is 13.5. The minimum Gasteiger partial charge on any atom is -0.394 e. The summed E-state index contributed by atoms with van der Waals surface area (Å²) in [5, 5.41) is 12.8. The minimum atomic E-state index is -0.968. The van der Waals surface area contributed by atoms with Crippen LogP contribution in [0.1, 0.15) is 12.6 Å². The van der Waals surface area contributed by atoms with Crippen LogP contribution in [-0.2, 0) is 4.74 Å². The Morgan fingerprint density at radius 3 is 3.14 bits per heavy atom. The average molecular weight is 294 g/mol. The molecule has 3 atom stereocenters. The number of nitrogens with zero attached hydrogens (tertiary/aromatic N) is 7. The number of rotatable bonds is 3. The van der Waals surface area contributed by atoms with Gasteiger partial charge in [0.2, 0.25) is 0 Å². The Morgan fingerprint density at radius 2 is 2.43 bits per heavy atom. The fourth-order valence-corrected chi connectivity index (χ4v) is 2.36. The zero-order chi connectivity index (χ0) is 15.0. The maximum absolute atomic E-state index is 13.3. The molecule has 1 aliphatic heterocycles. The SMILES string of the molecule is [N-]=[N+]=N[C@H]1C[C@H](n2cnc3c(N)nc(F)nc32)O[C@@H]1CO. The van der Waals surface area contributed by atoms with Gasteiger partial charge in [0.05, 0.1) is 25.1 Å². The van der Waals surface area contributed by atoms with Crippen LogP contribution in [0.5, 0.6) is 0 Å². The van der Waals surface area contributed by atoms with E-state index in [2.05, 4.69) is 25.0 Å². The third-order valence-electron chi connectivity index (χ3n) is 3.32. The quantitative estimate of drug-likeness (QED) is 0.364. The molecule has 110 valence electrons. The number of aromatic nitrogens is 4. The highest BCUT2D eigenvalue weighted by molar-refractivity contribution is 5.81. The Balaban J connectivity index is 2.00. The summed E-state index contributed by atoms with van der Waals surface area (Å²) in [6.45, 7) is -0.293. The van der Waals surface area contributed by atoms with Crippen LogP contribution in [0.3, 0.4) is 0 Å². The molecule has 0 radical (unpaired) electrons. The molecule has 3 N–H and O–H groups in total. The molecule has 21 heavy (non-hydrogen) atoms. The van der Waals surface area contributed by atoms with Crippen LogP contribution in [0.4, 0.5) is 10.2 Å². The van der Waals surface area contributed by atoms with E-state index in [4.69, 9.17) is 16.0 Å². The van der Waals surface area contributed by atoms with Crippen molar-refractivity contribution in [2.24, 2.45) is 5.11 Å². The molecule has 0 aromatic carbocycles. The van der Waals surface area contributed by atoms with Crippen molar-refractivity contribution in [3.05, 3.63) is 22.8 Å². The van der Waals surface area contributed by atoms with Crippen LogP contribution in [-0.4, -0.2) is 43.4 Å². The zero-order valence-corrected chi connectivity index (χ0v) is 10.7. The summed E-state index contributed by atoms with van der Waals surface area (Å²) >= 11 is 0. The zero-order valence-electron chi connectivity index (χ0n) is 10.7. The van der Waals surface area contributed by atoms with Crippen molar-refractivity contribution in [1.82, 2.24) is 19.5 Å². The van der Waals surface area contributed by atoms with Crippen molar-refractivity contribution in [3.8, 4) is 0 Å². The van der Waals surface area contributed by atoms with Crippen LogP contribution >= 0.6 is 0 Å². The van der Waals surface area contributed by atoms with Crippen LogP contribution in [0.25, 0.3) is 21.6 Å². The summed E-state index contributed by atoms with van der Waals surface area (Å²) in [6, 6.07) is -0.522. The van der Waals surface area contributed by atoms with E-state index in [-0.39, 0.29) is 23.6 Å². The van der Waals surface area contributed by atoms with E-state index in [1.54, 1.807) is 0 Å². The molecule has 2 aromatic heterocycles. The van der Waals surface area contributed by atoms with Gasteiger partial charge in [-0.1, -0.05) is 5.11 Å². The molecule has 1 fully saturated rings. The lowest BCUT2D eigenvalue weighted by atomic mass is 10.1. The van der Waals surface area contributed by atoms with Crippen molar-refractivity contribution in [3.63, 3.8) is 0 Å². The maximum Gasteiger partial charge on any atom is 0.312 e. The Morgan fingerprint density at radius 1 is 1.62 bits per heavy atom. The van der Waals surface area contributed by atoms with Crippen molar-refractivity contribution in [2.75, 3.05) is 12.3 Å². The molecule has 2 aromatic rings. The van der Waals surface area contributed by atoms with E-state index in [0.29, 0.717) is 6.42 Å². The van der Waals surface area contributed by atoms with E-state index >= 15 is 0 Å². The predicted octanol–water partition coefficient (Wildman–Crippen LogP) is 0.506. The summed E-state index contributed by atoms with van der Waals surface area (Å²) in [7, 11) is 0. The second kappa shape index (κ2) is 5.13. The highest BCUT2D eigenvalue weighted by atomic mass is 19.1. The predicted molar refractivity (Wildman–Crippen MR) is 68.2 cm³/mol. The first-order chi connectivity index (χ1) is 10.1. The second-order valence-electron chi connectivity index (χ2n) is 4.52. The molecular weight excluding hydrogens is 283 g/mol. The van der Waals surface area contributed by atoms with Crippen molar-refractivity contribution in [1.29, 1.82) is 0 Å². The highest BCUT2D eigenvalue weighted by Gasteiger charge is 2.36. The van der Waals surface area contributed by atoms with Gasteiger partial charge >= 0.3 is 6.08 Å². The third-order valence-corrected chi connectivity index (χ3v) is 3.32. The molecule has 3 heterocycles. The lowest BCUT2D eigenvalue weighted by molar-refractivity contribution is -0.0233. The number of fused-ring (bicyclic) bond motifs is 1. The molecule has 1 aliphatic rings. The Bertz CT molecular complexity index is 727. The molecule has 11 heteroatoms.